The van der Waals surface area contributed by atoms with Crippen LogP contribution < -0.4 is 21.4 Å². The molecule has 0 aliphatic carbocycles. The average molecular weight is 484 g/mol. The van der Waals surface area contributed by atoms with E-state index in [1.807, 2.05) is 0 Å². The number of anilines is 1. The summed E-state index contributed by atoms with van der Waals surface area (Å²) in [4.78, 5) is 46.5. The first kappa shape index (κ1) is 23.1. The van der Waals surface area contributed by atoms with Crippen molar-refractivity contribution in [1.82, 2.24) is 24.5 Å². The molecule has 33 heavy (non-hydrogen) atoms. The van der Waals surface area contributed by atoms with Crippen LogP contribution in [0.4, 0.5) is 5.95 Å². The number of aliphatic hydroxyl groups excluding tert-OH is 2. The molecule has 16 heteroatoms. The lowest BCUT2D eigenvalue weighted by Gasteiger charge is -2.18. The first-order chi connectivity index (χ1) is 15.5. The van der Waals surface area contributed by atoms with E-state index in [4.69, 9.17) is 19.5 Å². The van der Waals surface area contributed by atoms with Gasteiger partial charge in [0, 0.05) is 11.8 Å². The number of ether oxygens (including phenoxy) is 1. The number of aromatic amines is 2. The second-order valence-electron chi connectivity index (χ2n) is 7.45. The van der Waals surface area contributed by atoms with Crippen LogP contribution in [0.5, 0.6) is 5.75 Å². The number of aryl methyl sites for hydroxylation is 1. The van der Waals surface area contributed by atoms with Gasteiger partial charge in [0.1, 0.15) is 24.1 Å². The van der Waals surface area contributed by atoms with Crippen LogP contribution in [-0.2, 0) is 13.8 Å². The highest BCUT2D eigenvalue weighted by molar-refractivity contribution is 7.47. The summed E-state index contributed by atoms with van der Waals surface area (Å²) in [5, 5.41) is 20.8. The molecule has 1 saturated heterocycles. The molecule has 0 saturated carbocycles. The van der Waals surface area contributed by atoms with Crippen molar-refractivity contribution in [2.24, 2.45) is 0 Å². The number of phosphoric acid groups is 1. The van der Waals surface area contributed by atoms with Gasteiger partial charge in [-0.1, -0.05) is 0 Å². The summed E-state index contributed by atoms with van der Waals surface area (Å²) in [6.45, 7) is 2.32. The molecule has 1 aliphatic rings. The fourth-order valence-corrected chi connectivity index (χ4v) is 4.19. The number of nitrogen functional groups attached to an aromatic ring is 1. The third-order valence-electron chi connectivity index (χ3n) is 5.05. The number of fused-ring (bicyclic) bond motifs is 1. The second-order valence-corrected chi connectivity index (χ2v) is 8.83. The molecule has 0 bridgehead atoms. The largest absolute Gasteiger partial charge is 0.527 e. The van der Waals surface area contributed by atoms with Gasteiger partial charge in [-0.15, -0.1) is 0 Å². The molecule has 0 spiro atoms. The van der Waals surface area contributed by atoms with Gasteiger partial charge < -0.3 is 30.2 Å². The Morgan fingerprint density at radius 3 is 2.70 bits per heavy atom. The number of hydrogen-bond donors (Lipinski definition) is 6. The molecule has 0 amide bonds. The fourth-order valence-electron chi connectivity index (χ4n) is 3.36. The average Bonchev–Trinajstić information content (AvgIpc) is 3.26. The SMILES string of the molecule is Cc1cc(OP(=O)(O)OC[C@H]2O[C@@H](n3cnc4c(=O)[nH]c(N)nc43)[C@H](O)[C@@H]2O)c(C)c(=O)[nH]1. The number of hydrogen-bond acceptors (Lipinski definition) is 11. The van der Waals surface area contributed by atoms with Gasteiger partial charge in [0.15, 0.2) is 17.4 Å². The maximum atomic E-state index is 12.4. The predicted octanol–water partition coefficient (Wildman–Crippen LogP) is -1.18. The molecule has 4 rings (SSSR count). The Hall–Kier alpha value is -3.07. The standard InChI is InChI=1S/C17H21N6O9P/c1-6-3-8(7(2)14(26)20-6)32-33(28,29)30-4-9-11(24)12(25)16(31-9)23-5-19-10-13(23)21-17(18)22-15(10)27/h3,5,9,11-12,16,24-25H,4H2,1-2H3,(H,20,26)(H,28,29)(H3,18,21,22,27)/t9-,11-,12-,16-/m1/s1. The Kier molecular flexibility index (Phi) is 5.86. The van der Waals surface area contributed by atoms with E-state index in [2.05, 4.69) is 19.9 Å². The molecule has 1 unspecified atom stereocenters. The highest BCUT2D eigenvalue weighted by atomic mass is 31.2. The Bertz CT molecular complexity index is 1370. The van der Waals surface area contributed by atoms with Crippen molar-refractivity contribution in [2.45, 2.75) is 38.4 Å². The van der Waals surface area contributed by atoms with Crippen LogP contribution in [-0.4, -0.2) is 64.5 Å². The van der Waals surface area contributed by atoms with Crippen LogP contribution in [0.25, 0.3) is 11.2 Å². The van der Waals surface area contributed by atoms with Crippen molar-refractivity contribution in [2.75, 3.05) is 12.3 Å². The molecular weight excluding hydrogens is 463 g/mol. The molecular formula is C17H21N6O9P. The van der Waals surface area contributed by atoms with E-state index >= 15 is 0 Å². The monoisotopic (exact) mass is 484 g/mol. The summed E-state index contributed by atoms with van der Waals surface area (Å²) < 4.78 is 29.1. The van der Waals surface area contributed by atoms with Gasteiger partial charge in [-0.2, -0.15) is 4.98 Å². The smallest absolute Gasteiger partial charge is 0.404 e. The minimum absolute atomic E-state index is 0.00498. The van der Waals surface area contributed by atoms with Crippen molar-refractivity contribution in [3.05, 3.63) is 44.4 Å². The third kappa shape index (κ3) is 4.42. The molecule has 1 aliphatic heterocycles. The Morgan fingerprint density at radius 1 is 1.24 bits per heavy atom. The van der Waals surface area contributed by atoms with Gasteiger partial charge in [0.25, 0.3) is 11.1 Å². The molecule has 3 aromatic rings. The van der Waals surface area contributed by atoms with Gasteiger partial charge >= 0.3 is 7.82 Å². The van der Waals surface area contributed by atoms with E-state index in [1.165, 1.54) is 23.9 Å². The maximum absolute atomic E-state index is 12.4. The summed E-state index contributed by atoms with van der Waals surface area (Å²) in [5.74, 6) is -0.336. The predicted molar refractivity (Wildman–Crippen MR) is 111 cm³/mol. The topological polar surface area (TPSA) is 228 Å². The molecule has 4 heterocycles. The van der Waals surface area contributed by atoms with Crippen LogP contribution in [0.2, 0.25) is 0 Å². The zero-order chi connectivity index (χ0) is 24.1. The van der Waals surface area contributed by atoms with E-state index in [9.17, 15) is 29.3 Å². The number of aliphatic hydroxyl groups is 2. The number of nitrogens with two attached hydrogens (primary N) is 1. The number of nitrogens with one attached hydrogen (secondary N) is 2. The lowest BCUT2D eigenvalue weighted by atomic mass is 10.1. The number of pyridine rings is 1. The van der Waals surface area contributed by atoms with Crippen molar-refractivity contribution in [3.8, 4) is 5.75 Å². The van der Waals surface area contributed by atoms with E-state index in [-0.39, 0.29) is 28.4 Å². The zero-order valence-corrected chi connectivity index (χ0v) is 18.2. The molecule has 15 nitrogen and oxygen atoms in total. The number of phosphoric ester groups is 1. The summed E-state index contributed by atoms with van der Waals surface area (Å²) in [5.41, 5.74) is 4.87. The van der Waals surface area contributed by atoms with Gasteiger partial charge in [-0.05, 0) is 13.8 Å². The zero-order valence-electron chi connectivity index (χ0n) is 17.3. The van der Waals surface area contributed by atoms with Gasteiger partial charge in [0.05, 0.1) is 18.5 Å². The maximum Gasteiger partial charge on any atom is 0.527 e. The second kappa shape index (κ2) is 8.37. The van der Waals surface area contributed by atoms with Crippen molar-refractivity contribution in [3.63, 3.8) is 0 Å². The minimum Gasteiger partial charge on any atom is -0.404 e. The third-order valence-corrected chi connectivity index (χ3v) is 5.95. The van der Waals surface area contributed by atoms with Gasteiger partial charge in [0.2, 0.25) is 5.95 Å². The quantitative estimate of drug-likeness (QED) is 0.227. The molecule has 7 N–H and O–H groups in total. The van der Waals surface area contributed by atoms with E-state index in [0.717, 1.165) is 0 Å². The number of rotatable bonds is 6. The Morgan fingerprint density at radius 2 is 1.97 bits per heavy atom. The van der Waals surface area contributed by atoms with Crippen LogP contribution in [0, 0.1) is 13.8 Å². The minimum atomic E-state index is -4.73. The van der Waals surface area contributed by atoms with Crippen LogP contribution in [0.15, 0.2) is 22.0 Å². The highest BCUT2D eigenvalue weighted by Crippen LogP contribution is 2.45. The van der Waals surface area contributed by atoms with E-state index in [0.29, 0.717) is 5.69 Å². The molecule has 178 valence electrons. The first-order valence-electron chi connectivity index (χ1n) is 9.58. The van der Waals surface area contributed by atoms with Crippen LogP contribution in [0.1, 0.15) is 17.5 Å². The molecule has 3 aromatic heterocycles. The van der Waals surface area contributed by atoms with E-state index < -0.39 is 50.1 Å². The molecule has 5 atom stereocenters. The number of imidazole rings is 1. The van der Waals surface area contributed by atoms with Crippen LogP contribution >= 0.6 is 7.82 Å². The van der Waals surface area contributed by atoms with Crippen molar-refractivity contribution in [1.29, 1.82) is 0 Å². The lowest BCUT2D eigenvalue weighted by molar-refractivity contribution is -0.0501. The molecule has 1 fully saturated rings. The first-order valence-corrected chi connectivity index (χ1v) is 11.1. The lowest BCUT2D eigenvalue weighted by Crippen LogP contribution is -2.33. The van der Waals surface area contributed by atoms with Crippen molar-refractivity contribution >= 4 is 24.9 Å². The Labute approximate surface area is 184 Å². The summed E-state index contributed by atoms with van der Waals surface area (Å²) in [7, 11) is -4.73. The van der Waals surface area contributed by atoms with Gasteiger partial charge in [-0.3, -0.25) is 28.6 Å². The van der Waals surface area contributed by atoms with E-state index in [1.54, 1.807) is 6.92 Å². The summed E-state index contributed by atoms with van der Waals surface area (Å²) in [6.07, 6.45) is -4.38. The van der Waals surface area contributed by atoms with Crippen molar-refractivity contribution < 1.29 is 33.5 Å². The molecule has 0 aromatic carbocycles. The summed E-state index contributed by atoms with van der Waals surface area (Å²) in [6, 6.07) is 1.36. The normalized spacial score (nSPS) is 24.8. The number of H-pyrrole nitrogens is 2. The summed E-state index contributed by atoms with van der Waals surface area (Å²) >= 11 is 0. The molecule has 0 radical (unpaired) electrons. The highest BCUT2D eigenvalue weighted by Gasteiger charge is 2.45. The van der Waals surface area contributed by atoms with Crippen LogP contribution in [0.3, 0.4) is 0 Å². The fraction of sp³-hybridized carbons (Fsp3) is 0.412. The Balaban J connectivity index is 1.50. The number of nitrogens with zero attached hydrogens (tertiary/aromatic N) is 3. The number of aromatic nitrogens is 5. The van der Waals surface area contributed by atoms with Gasteiger partial charge in [-0.25, -0.2) is 9.55 Å².